The Morgan fingerprint density at radius 2 is 2.19 bits per heavy atom. The Labute approximate surface area is 121 Å². The summed E-state index contributed by atoms with van der Waals surface area (Å²) in [6.07, 6.45) is 4.13. The molecule has 1 heterocycles. The van der Waals surface area contributed by atoms with Crippen molar-refractivity contribution in [1.29, 1.82) is 0 Å². The number of halogens is 2. The van der Waals surface area contributed by atoms with E-state index in [1.54, 1.807) is 24.5 Å². The SMILES string of the molecule is COc1ccc(CCNCc2ncc[nH]2)cc1OC(F)F. The van der Waals surface area contributed by atoms with Crippen LogP contribution in [0.5, 0.6) is 11.5 Å². The number of imidazole rings is 1. The van der Waals surface area contributed by atoms with E-state index in [1.807, 2.05) is 6.07 Å². The van der Waals surface area contributed by atoms with Crippen molar-refractivity contribution in [2.75, 3.05) is 13.7 Å². The number of hydrogen-bond donors (Lipinski definition) is 2. The number of nitrogens with zero attached hydrogens (tertiary/aromatic N) is 1. The number of hydrogen-bond acceptors (Lipinski definition) is 4. The fourth-order valence-electron chi connectivity index (χ4n) is 1.90. The Bertz CT molecular complexity index is 547. The van der Waals surface area contributed by atoms with Crippen LogP contribution in [0.1, 0.15) is 11.4 Å². The first-order valence-corrected chi connectivity index (χ1v) is 6.49. The highest BCUT2D eigenvalue weighted by Crippen LogP contribution is 2.29. The molecule has 0 unspecified atom stereocenters. The van der Waals surface area contributed by atoms with E-state index >= 15 is 0 Å². The Balaban J connectivity index is 1.87. The van der Waals surface area contributed by atoms with Crippen molar-refractivity contribution in [3.05, 3.63) is 42.0 Å². The number of H-pyrrole nitrogens is 1. The molecule has 0 aliphatic carbocycles. The standard InChI is InChI=1S/C14H17F2N3O2/c1-20-11-3-2-10(8-12(11)21-14(15)16)4-5-17-9-13-18-6-7-19-13/h2-3,6-8,14,17H,4-5,9H2,1H3,(H,18,19). The molecule has 7 heteroatoms. The molecule has 2 N–H and O–H groups in total. The third-order valence-corrected chi connectivity index (χ3v) is 2.88. The zero-order valence-corrected chi connectivity index (χ0v) is 11.6. The largest absolute Gasteiger partial charge is 0.493 e. The van der Waals surface area contributed by atoms with Gasteiger partial charge in [0.15, 0.2) is 11.5 Å². The molecule has 0 radical (unpaired) electrons. The summed E-state index contributed by atoms with van der Waals surface area (Å²) in [5.41, 5.74) is 0.887. The highest BCUT2D eigenvalue weighted by Gasteiger charge is 2.11. The van der Waals surface area contributed by atoms with Crippen LogP contribution >= 0.6 is 0 Å². The summed E-state index contributed by atoms with van der Waals surface area (Å²) in [6.45, 7) is -1.55. The van der Waals surface area contributed by atoms with E-state index in [-0.39, 0.29) is 5.75 Å². The number of benzene rings is 1. The molecule has 0 bridgehead atoms. The molecule has 0 fully saturated rings. The second kappa shape index (κ2) is 7.58. The molecule has 2 rings (SSSR count). The van der Waals surface area contributed by atoms with Crippen LogP contribution in [-0.2, 0) is 13.0 Å². The first kappa shape index (κ1) is 15.2. The van der Waals surface area contributed by atoms with Crippen LogP contribution in [0.25, 0.3) is 0 Å². The topological polar surface area (TPSA) is 59.2 Å². The summed E-state index contributed by atoms with van der Waals surface area (Å²) in [5.74, 6) is 1.20. The van der Waals surface area contributed by atoms with Gasteiger partial charge in [-0.3, -0.25) is 0 Å². The quantitative estimate of drug-likeness (QED) is 0.734. The third-order valence-electron chi connectivity index (χ3n) is 2.88. The molecule has 0 atom stereocenters. The molecule has 1 aromatic carbocycles. The van der Waals surface area contributed by atoms with E-state index in [0.717, 1.165) is 11.4 Å². The molecule has 0 saturated heterocycles. The minimum absolute atomic E-state index is 0.0519. The summed E-state index contributed by atoms with van der Waals surface area (Å²) in [4.78, 5) is 7.08. The van der Waals surface area contributed by atoms with Crippen LogP contribution in [0.4, 0.5) is 8.78 Å². The van der Waals surface area contributed by atoms with Crippen molar-refractivity contribution >= 4 is 0 Å². The van der Waals surface area contributed by atoms with E-state index < -0.39 is 6.61 Å². The average molecular weight is 297 g/mol. The van der Waals surface area contributed by atoms with Crippen molar-refractivity contribution in [3.8, 4) is 11.5 Å². The van der Waals surface area contributed by atoms with Gasteiger partial charge in [-0.15, -0.1) is 0 Å². The van der Waals surface area contributed by atoms with Crippen LogP contribution in [0, 0.1) is 0 Å². The second-order valence-electron chi connectivity index (χ2n) is 4.33. The maximum atomic E-state index is 12.3. The van der Waals surface area contributed by atoms with Gasteiger partial charge < -0.3 is 19.8 Å². The van der Waals surface area contributed by atoms with Gasteiger partial charge in [0.05, 0.1) is 13.7 Å². The highest BCUT2D eigenvalue weighted by atomic mass is 19.3. The van der Waals surface area contributed by atoms with E-state index in [2.05, 4.69) is 20.0 Å². The number of aromatic amines is 1. The second-order valence-corrected chi connectivity index (χ2v) is 4.33. The normalized spacial score (nSPS) is 10.9. The Hall–Kier alpha value is -2.15. The summed E-state index contributed by atoms with van der Waals surface area (Å²) in [5, 5.41) is 3.21. The highest BCUT2D eigenvalue weighted by molar-refractivity contribution is 5.43. The summed E-state index contributed by atoms with van der Waals surface area (Å²) < 4.78 is 34.1. The first-order valence-electron chi connectivity index (χ1n) is 6.49. The molecule has 0 saturated carbocycles. The van der Waals surface area contributed by atoms with Crippen LogP contribution in [0.15, 0.2) is 30.6 Å². The number of nitrogens with one attached hydrogen (secondary N) is 2. The molecule has 114 valence electrons. The van der Waals surface area contributed by atoms with Gasteiger partial charge in [0, 0.05) is 12.4 Å². The van der Waals surface area contributed by atoms with Crippen LogP contribution in [0.2, 0.25) is 0 Å². The monoisotopic (exact) mass is 297 g/mol. The van der Waals surface area contributed by atoms with Crippen LogP contribution in [-0.4, -0.2) is 30.2 Å². The summed E-state index contributed by atoms with van der Waals surface area (Å²) >= 11 is 0. The van der Waals surface area contributed by atoms with E-state index in [9.17, 15) is 8.78 Å². The van der Waals surface area contributed by atoms with Crippen LogP contribution in [0.3, 0.4) is 0 Å². The fraction of sp³-hybridized carbons (Fsp3) is 0.357. The van der Waals surface area contributed by atoms with Gasteiger partial charge in [-0.2, -0.15) is 8.78 Å². The van der Waals surface area contributed by atoms with Crippen LogP contribution < -0.4 is 14.8 Å². The van der Waals surface area contributed by atoms with E-state index in [1.165, 1.54) is 7.11 Å². The van der Waals surface area contributed by atoms with Gasteiger partial charge in [-0.1, -0.05) is 6.07 Å². The predicted molar refractivity (Wildman–Crippen MR) is 73.6 cm³/mol. The fourth-order valence-corrected chi connectivity index (χ4v) is 1.90. The van der Waals surface area contributed by atoms with Gasteiger partial charge in [-0.05, 0) is 30.7 Å². The number of ether oxygens (including phenoxy) is 2. The Kier molecular flexibility index (Phi) is 5.51. The number of aromatic nitrogens is 2. The lowest BCUT2D eigenvalue weighted by Gasteiger charge is -2.11. The molecule has 0 aliphatic rings. The summed E-state index contributed by atoms with van der Waals surface area (Å²) in [6, 6.07) is 5.02. The zero-order chi connectivity index (χ0) is 15.1. The summed E-state index contributed by atoms with van der Waals surface area (Å²) in [7, 11) is 1.41. The van der Waals surface area contributed by atoms with Gasteiger partial charge in [0.25, 0.3) is 0 Å². The molecule has 0 aliphatic heterocycles. The maximum Gasteiger partial charge on any atom is 0.387 e. The van der Waals surface area contributed by atoms with Crippen molar-refractivity contribution in [2.24, 2.45) is 0 Å². The molecule has 21 heavy (non-hydrogen) atoms. The van der Waals surface area contributed by atoms with Gasteiger partial charge in [0.1, 0.15) is 5.82 Å². The molecule has 0 amide bonds. The molecule has 2 aromatic rings. The predicted octanol–water partition coefficient (Wildman–Crippen LogP) is 2.35. The molecule has 0 spiro atoms. The van der Waals surface area contributed by atoms with Crippen molar-refractivity contribution < 1.29 is 18.3 Å². The Morgan fingerprint density at radius 3 is 2.86 bits per heavy atom. The van der Waals surface area contributed by atoms with Crippen molar-refractivity contribution in [2.45, 2.75) is 19.6 Å². The first-order chi connectivity index (χ1) is 10.2. The van der Waals surface area contributed by atoms with Gasteiger partial charge in [0.2, 0.25) is 0 Å². The number of methoxy groups -OCH3 is 1. The number of alkyl halides is 2. The molecular weight excluding hydrogens is 280 g/mol. The lowest BCUT2D eigenvalue weighted by Crippen LogP contribution is -2.17. The maximum absolute atomic E-state index is 12.3. The van der Waals surface area contributed by atoms with E-state index in [4.69, 9.17) is 4.74 Å². The average Bonchev–Trinajstić information content (AvgIpc) is 2.96. The molecule has 1 aromatic heterocycles. The van der Waals surface area contributed by atoms with Gasteiger partial charge in [-0.25, -0.2) is 4.98 Å². The Morgan fingerprint density at radius 1 is 1.33 bits per heavy atom. The zero-order valence-electron chi connectivity index (χ0n) is 11.6. The van der Waals surface area contributed by atoms with E-state index in [0.29, 0.717) is 25.3 Å². The third kappa shape index (κ3) is 4.71. The number of rotatable bonds is 8. The molecule has 5 nitrogen and oxygen atoms in total. The smallest absolute Gasteiger partial charge is 0.387 e. The lowest BCUT2D eigenvalue weighted by molar-refractivity contribution is -0.0512. The lowest BCUT2D eigenvalue weighted by atomic mass is 10.1. The van der Waals surface area contributed by atoms with Crippen molar-refractivity contribution in [1.82, 2.24) is 15.3 Å². The minimum Gasteiger partial charge on any atom is -0.493 e. The molecular formula is C14H17F2N3O2. The van der Waals surface area contributed by atoms with Gasteiger partial charge >= 0.3 is 6.61 Å². The minimum atomic E-state index is -2.87. The van der Waals surface area contributed by atoms with Crippen molar-refractivity contribution in [3.63, 3.8) is 0 Å².